The Labute approximate surface area is 160 Å². The number of benzene rings is 1. The SMILES string of the molecule is COC(=O)Cn1c(=NC(=O)/C=C/c2cccs2)sc2cc(Br)ccc21. The highest BCUT2D eigenvalue weighted by molar-refractivity contribution is 9.10. The number of hydrogen-bond donors (Lipinski definition) is 0. The number of thiophene rings is 1. The maximum atomic E-state index is 12.2. The molecule has 2 heterocycles. The molecule has 1 aromatic carbocycles. The Kier molecular flexibility index (Phi) is 5.62. The minimum atomic E-state index is -0.398. The summed E-state index contributed by atoms with van der Waals surface area (Å²) in [5.74, 6) is -0.775. The molecule has 0 unspecified atom stereocenters. The minimum absolute atomic E-state index is 0.00111. The lowest BCUT2D eigenvalue weighted by molar-refractivity contribution is -0.141. The van der Waals surface area contributed by atoms with Crippen molar-refractivity contribution in [1.29, 1.82) is 0 Å². The van der Waals surface area contributed by atoms with Gasteiger partial charge in [-0.2, -0.15) is 4.99 Å². The van der Waals surface area contributed by atoms with Gasteiger partial charge in [0.15, 0.2) is 4.80 Å². The number of esters is 1. The van der Waals surface area contributed by atoms with Gasteiger partial charge in [0, 0.05) is 15.4 Å². The summed E-state index contributed by atoms with van der Waals surface area (Å²) in [6.07, 6.45) is 3.15. The predicted molar refractivity (Wildman–Crippen MR) is 103 cm³/mol. The van der Waals surface area contributed by atoms with Crippen molar-refractivity contribution in [3.8, 4) is 0 Å². The second-order valence-electron chi connectivity index (χ2n) is 4.96. The fraction of sp³-hybridized carbons (Fsp3) is 0.118. The average molecular weight is 437 g/mol. The standard InChI is InChI=1S/C17H13BrN2O3S2/c1-23-16(22)10-20-13-6-4-11(18)9-14(13)25-17(20)19-15(21)7-5-12-3-2-8-24-12/h2-9H,10H2,1H3/b7-5+,19-17?. The van der Waals surface area contributed by atoms with Crippen molar-refractivity contribution in [2.45, 2.75) is 6.54 Å². The van der Waals surface area contributed by atoms with Crippen LogP contribution in [-0.2, 0) is 20.9 Å². The monoisotopic (exact) mass is 436 g/mol. The van der Waals surface area contributed by atoms with Crippen LogP contribution in [0.2, 0.25) is 0 Å². The minimum Gasteiger partial charge on any atom is -0.468 e. The van der Waals surface area contributed by atoms with Crippen LogP contribution in [0.5, 0.6) is 0 Å². The molecule has 0 saturated carbocycles. The lowest BCUT2D eigenvalue weighted by atomic mass is 10.3. The third kappa shape index (κ3) is 4.33. The number of thiazole rings is 1. The lowest BCUT2D eigenvalue weighted by Crippen LogP contribution is -2.22. The highest BCUT2D eigenvalue weighted by atomic mass is 79.9. The summed E-state index contributed by atoms with van der Waals surface area (Å²) in [7, 11) is 1.33. The van der Waals surface area contributed by atoms with E-state index in [1.165, 1.54) is 24.5 Å². The molecule has 8 heteroatoms. The summed E-state index contributed by atoms with van der Waals surface area (Å²) in [5.41, 5.74) is 0.826. The molecule has 3 rings (SSSR count). The summed E-state index contributed by atoms with van der Waals surface area (Å²) in [4.78, 5) is 29.5. The number of fused-ring (bicyclic) bond motifs is 1. The largest absolute Gasteiger partial charge is 0.468 e. The smallest absolute Gasteiger partial charge is 0.325 e. The van der Waals surface area contributed by atoms with Crippen LogP contribution >= 0.6 is 38.6 Å². The third-order valence-electron chi connectivity index (χ3n) is 3.30. The number of hydrogen-bond acceptors (Lipinski definition) is 5. The molecule has 3 aromatic rings. The first-order chi connectivity index (χ1) is 12.1. The van der Waals surface area contributed by atoms with Crippen molar-refractivity contribution in [2.75, 3.05) is 7.11 Å². The van der Waals surface area contributed by atoms with E-state index < -0.39 is 5.97 Å². The third-order valence-corrected chi connectivity index (χ3v) is 5.67. The van der Waals surface area contributed by atoms with Crippen LogP contribution in [0.25, 0.3) is 16.3 Å². The van der Waals surface area contributed by atoms with Gasteiger partial charge in [-0.25, -0.2) is 0 Å². The van der Waals surface area contributed by atoms with E-state index in [1.54, 1.807) is 22.0 Å². The van der Waals surface area contributed by atoms with Crippen LogP contribution in [0.3, 0.4) is 0 Å². The fourth-order valence-corrected chi connectivity index (χ4v) is 4.35. The van der Waals surface area contributed by atoms with Gasteiger partial charge in [0.05, 0.1) is 17.3 Å². The van der Waals surface area contributed by atoms with Gasteiger partial charge in [-0.3, -0.25) is 9.59 Å². The van der Waals surface area contributed by atoms with E-state index in [4.69, 9.17) is 4.74 Å². The summed E-state index contributed by atoms with van der Waals surface area (Å²) >= 11 is 6.32. The van der Waals surface area contributed by atoms with E-state index in [0.717, 1.165) is 19.6 Å². The zero-order chi connectivity index (χ0) is 17.8. The van der Waals surface area contributed by atoms with E-state index >= 15 is 0 Å². The molecule has 0 aliphatic carbocycles. The molecule has 0 bridgehead atoms. The highest BCUT2D eigenvalue weighted by Crippen LogP contribution is 2.22. The van der Waals surface area contributed by atoms with Gasteiger partial charge in [0.25, 0.3) is 5.91 Å². The van der Waals surface area contributed by atoms with Crippen molar-refractivity contribution in [1.82, 2.24) is 4.57 Å². The Balaban J connectivity index is 2.02. The maximum absolute atomic E-state index is 12.2. The Hall–Kier alpha value is -2.03. The van der Waals surface area contributed by atoms with Crippen molar-refractivity contribution in [3.63, 3.8) is 0 Å². The number of amides is 1. The molecule has 0 spiro atoms. The van der Waals surface area contributed by atoms with E-state index in [-0.39, 0.29) is 12.5 Å². The van der Waals surface area contributed by atoms with Gasteiger partial charge >= 0.3 is 5.97 Å². The molecule has 0 atom stereocenters. The molecular formula is C17H13BrN2O3S2. The first kappa shape index (κ1) is 17.8. The molecule has 0 radical (unpaired) electrons. The average Bonchev–Trinajstić information content (AvgIpc) is 3.21. The lowest BCUT2D eigenvalue weighted by Gasteiger charge is -2.03. The van der Waals surface area contributed by atoms with Gasteiger partial charge in [-0.1, -0.05) is 33.3 Å². The van der Waals surface area contributed by atoms with Gasteiger partial charge in [-0.05, 0) is 35.7 Å². The van der Waals surface area contributed by atoms with Crippen LogP contribution < -0.4 is 4.80 Å². The molecule has 0 fully saturated rings. The molecule has 2 aromatic heterocycles. The summed E-state index contributed by atoms with van der Waals surface area (Å²) in [6, 6.07) is 9.52. The van der Waals surface area contributed by atoms with Crippen LogP contribution in [0.4, 0.5) is 0 Å². The summed E-state index contributed by atoms with van der Waals surface area (Å²) < 4.78 is 8.28. The van der Waals surface area contributed by atoms with Gasteiger partial charge in [0.1, 0.15) is 6.54 Å². The van der Waals surface area contributed by atoms with E-state index in [2.05, 4.69) is 20.9 Å². The Bertz CT molecular complexity index is 1020. The van der Waals surface area contributed by atoms with Crippen LogP contribution in [0, 0.1) is 0 Å². The van der Waals surface area contributed by atoms with E-state index in [9.17, 15) is 9.59 Å². The van der Waals surface area contributed by atoms with E-state index in [1.807, 2.05) is 35.7 Å². The quantitative estimate of drug-likeness (QED) is 0.460. The van der Waals surface area contributed by atoms with Gasteiger partial charge in [0.2, 0.25) is 0 Å². The van der Waals surface area contributed by atoms with Crippen molar-refractivity contribution in [3.05, 3.63) is 55.9 Å². The molecule has 0 aliphatic rings. The van der Waals surface area contributed by atoms with Crippen molar-refractivity contribution >= 4 is 66.8 Å². The molecular weight excluding hydrogens is 424 g/mol. The first-order valence-electron chi connectivity index (χ1n) is 7.23. The summed E-state index contributed by atoms with van der Waals surface area (Å²) in [5, 5.41) is 1.94. The Morgan fingerprint density at radius 1 is 1.36 bits per heavy atom. The zero-order valence-electron chi connectivity index (χ0n) is 13.1. The van der Waals surface area contributed by atoms with Gasteiger partial charge < -0.3 is 9.30 Å². The van der Waals surface area contributed by atoms with Crippen LogP contribution in [0.1, 0.15) is 4.88 Å². The molecule has 5 nitrogen and oxygen atoms in total. The molecule has 0 saturated heterocycles. The summed E-state index contributed by atoms with van der Waals surface area (Å²) in [6.45, 7) is -0.00111. The van der Waals surface area contributed by atoms with E-state index in [0.29, 0.717) is 4.80 Å². The number of aromatic nitrogens is 1. The number of nitrogens with zero attached hydrogens (tertiary/aromatic N) is 2. The number of halogens is 1. The zero-order valence-corrected chi connectivity index (χ0v) is 16.4. The topological polar surface area (TPSA) is 60.7 Å². The number of carbonyl (C=O) groups is 2. The predicted octanol–water partition coefficient (Wildman–Crippen LogP) is 3.84. The number of methoxy groups -OCH3 is 1. The highest BCUT2D eigenvalue weighted by Gasteiger charge is 2.11. The Morgan fingerprint density at radius 2 is 2.20 bits per heavy atom. The van der Waals surface area contributed by atoms with Crippen molar-refractivity contribution in [2.24, 2.45) is 4.99 Å². The normalized spacial score (nSPS) is 12.2. The molecule has 0 N–H and O–H groups in total. The van der Waals surface area contributed by atoms with Crippen LogP contribution in [-0.4, -0.2) is 23.6 Å². The van der Waals surface area contributed by atoms with Gasteiger partial charge in [-0.15, -0.1) is 11.3 Å². The molecule has 1 amide bonds. The second kappa shape index (κ2) is 7.90. The number of ether oxygens (including phenoxy) is 1. The fourth-order valence-electron chi connectivity index (χ4n) is 2.15. The molecule has 25 heavy (non-hydrogen) atoms. The number of rotatable bonds is 4. The Morgan fingerprint density at radius 3 is 2.92 bits per heavy atom. The first-order valence-corrected chi connectivity index (χ1v) is 9.72. The van der Waals surface area contributed by atoms with Crippen LogP contribution in [0.15, 0.2) is 51.3 Å². The number of carbonyl (C=O) groups excluding carboxylic acids is 2. The maximum Gasteiger partial charge on any atom is 0.325 e. The molecule has 0 aliphatic heterocycles. The second-order valence-corrected chi connectivity index (χ2v) is 7.86. The van der Waals surface area contributed by atoms with Crippen molar-refractivity contribution < 1.29 is 14.3 Å². The molecule has 128 valence electrons.